The highest BCUT2D eigenvalue weighted by Gasteiger charge is 2.36. The van der Waals surface area contributed by atoms with Gasteiger partial charge in [-0.2, -0.15) is 0 Å². The first-order chi connectivity index (χ1) is 11.8. The number of rotatable bonds is 3. The number of hydrogen-bond acceptors (Lipinski definition) is 5. The Balaban J connectivity index is 1.39. The minimum atomic E-state index is -0.359. The number of aliphatic hydroxyl groups is 1. The van der Waals surface area contributed by atoms with Crippen molar-refractivity contribution < 1.29 is 5.11 Å². The van der Waals surface area contributed by atoms with Crippen molar-refractivity contribution in [2.75, 3.05) is 31.1 Å². The molecular formula is C19H24N4O. The van der Waals surface area contributed by atoms with Gasteiger partial charge in [-0.05, 0) is 24.5 Å². The van der Waals surface area contributed by atoms with Crippen LogP contribution in [0.3, 0.4) is 0 Å². The van der Waals surface area contributed by atoms with E-state index in [1.807, 2.05) is 48.8 Å². The van der Waals surface area contributed by atoms with Crippen molar-refractivity contribution in [1.29, 1.82) is 0 Å². The quantitative estimate of drug-likeness (QED) is 0.937. The predicted molar refractivity (Wildman–Crippen MR) is 93.7 cm³/mol. The van der Waals surface area contributed by atoms with Crippen LogP contribution in [0.25, 0.3) is 0 Å². The van der Waals surface area contributed by atoms with Crippen LogP contribution in [0, 0.1) is 5.92 Å². The summed E-state index contributed by atoms with van der Waals surface area (Å²) in [5.74, 6) is 1.16. The van der Waals surface area contributed by atoms with Crippen LogP contribution in [0.2, 0.25) is 0 Å². The van der Waals surface area contributed by atoms with Gasteiger partial charge < -0.3 is 10.0 Å². The topological polar surface area (TPSA) is 52.5 Å². The molecule has 1 N–H and O–H groups in total. The first-order valence-corrected chi connectivity index (χ1v) is 8.80. The molecule has 2 saturated heterocycles. The highest BCUT2D eigenvalue weighted by atomic mass is 16.3. The molecule has 2 aliphatic heterocycles. The number of anilines is 1. The molecule has 5 nitrogen and oxygen atoms in total. The van der Waals surface area contributed by atoms with Crippen molar-refractivity contribution in [2.45, 2.75) is 25.0 Å². The molecule has 0 aliphatic carbocycles. The predicted octanol–water partition coefficient (Wildman–Crippen LogP) is 2.11. The summed E-state index contributed by atoms with van der Waals surface area (Å²) < 4.78 is 0. The van der Waals surface area contributed by atoms with Gasteiger partial charge in [0.15, 0.2) is 0 Å². The molecule has 3 unspecified atom stereocenters. The average molecular weight is 324 g/mol. The fourth-order valence-electron chi connectivity index (χ4n) is 4.02. The zero-order valence-corrected chi connectivity index (χ0v) is 13.8. The van der Waals surface area contributed by atoms with Gasteiger partial charge in [-0.3, -0.25) is 4.90 Å². The van der Waals surface area contributed by atoms with Crippen molar-refractivity contribution in [2.24, 2.45) is 5.92 Å². The molecule has 24 heavy (non-hydrogen) atoms. The Labute approximate surface area is 143 Å². The highest BCUT2D eigenvalue weighted by molar-refractivity contribution is 5.30. The second-order valence-corrected chi connectivity index (χ2v) is 6.84. The number of aromatic nitrogens is 2. The zero-order chi connectivity index (χ0) is 16.4. The fraction of sp³-hybridized carbons (Fsp3) is 0.474. The van der Waals surface area contributed by atoms with E-state index < -0.39 is 0 Å². The maximum atomic E-state index is 10.7. The largest absolute Gasteiger partial charge is 0.388 e. The highest BCUT2D eigenvalue weighted by Crippen LogP contribution is 2.33. The SMILES string of the molecule is OC(c1ccccc1)C1CCC2CN(c3ncccn3)CCN2C1. The summed E-state index contributed by atoms with van der Waals surface area (Å²) in [4.78, 5) is 13.6. The van der Waals surface area contributed by atoms with Crippen molar-refractivity contribution in [3.8, 4) is 0 Å². The smallest absolute Gasteiger partial charge is 0.225 e. The van der Waals surface area contributed by atoms with Gasteiger partial charge in [-0.25, -0.2) is 9.97 Å². The Morgan fingerprint density at radius 3 is 2.54 bits per heavy atom. The molecule has 0 amide bonds. The van der Waals surface area contributed by atoms with Gasteiger partial charge in [0, 0.05) is 50.5 Å². The summed E-state index contributed by atoms with van der Waals surface area (Å²) in [6.45, 7) is 3.93. The second kappa shape index (κ2) is 6.87. The van der Waals surface area contributed by atoms with E-state index in [0.717, 1.165) is 50.5 Å². The lowest BCUT2D eigenvalue weighted by molar-refractivity contribution is 0.0201. The number of aliphatic hydroxyl groups excluding tert-OH is 1. The van der Waals surface area contributed by atoms with Crippen LogP contribution in [0.1, 0.15) is 24.5 Å². The zero-order valence-electron chi connectivity index (χ0n) is 13.8. The van der Waals surface area contributed by atoms with Gasteiger partial charge in [0.05, 0.1) is 6.10 Å². The third-order valence-electron chi connectivity index (χ3n) is 5.37. The Morgan fingerprint density at radius 2 is 1.75 bits per heavy atom. The Bertz CT molecular complexity index is 651. The maximum absolute atomic E-state index is 10.7. The van der Waals surface area contributed by atoms with Crippen molar-refractivity contribution in [3.05, 3.63) is 54.4 Å². The molecule has 2 fully saturated rings. The molecule has 1 aromatic heterocycles. The number of piperazine rings is 1. The molecule has 126 valence electrons. The van der Waals surface area contributed by atoms with Gasteiger partial charge in [0.2, 0.25) is 5.95 Å². The van der Waals surface area contributed by atoms with Crippen molar-refractivity contribution in [1.82, 2.24) is 14.9 Å². The summed E-state index contributed by atoms with van der Waals surface area (Å²) in [6.07, 6.45) is 5.45. The van der Waals surface area contributed by atoms with E-state index in [1.54, 1.807) is 0 Å². The summed E-state index contributed by atoms with van der Waals surface area (Å²) in [7, 11) is 0. The standard InChI is InChI=1S/C19H24N4O/c24-18(15-5-2-1-3-6-15)16-7-8-17-14-23(12-11-22(17)13-16)19-20-9-4-10-21-19/h1-6,9-10,16-18,24H,7-8,11-14H2. The first kappa shape index (κ1) is 15.5. The van der Waals surface area contributed by atoms with E-state index >= 15 is 0 Å². The molecule has 0 bridgehead atoms. The van der Waals surface area contributed by atoms with Gasteiger partial charge in [-0.1, -0.05) is 30.3 Å². The third kappa shape index (κ3) is 3.14. The van der Waals surface area contributed by atoms with Crippen LogP contribution < -0.4 is 4.90 Å². The molecule has 4 rings (SSSR count). The summed E-state index contributed by atoms with van der Waals surface area (Å²) in [5.41, 5.74) is 1.04. The molecule has 0 saturated carbocycles. The van der Waals surface area contributed by atoms with Gasteiger partial charge in [0.1, 0.15) is 0 Å². The maximum Gasteiger partial charge on any atom is 0.225 e. The van der Waals surface area contributed by atoms with Crippen LogP contribution >= 0.6 is 0 Å². The van der Waals surface area contributed by atoms with E-state index in [9.17, 15) is 5.11 Å². The molecule has 0 spiro atoms. The number of hydrogen-bond donors (Lipinski definition) is 1. The minimum Gasteiger partial charge on any atom is -0.388 e. The number of nitrogens with zero attached hydrogens (tertiary/aromatic N) is 4. The van der Waals surface area contributed by atoms with E-state index in [2.05, 4.69) is 19.8 Å². The molecule has 0 radical (unpaired) electrons. The van der Waals surface area contributed by atoms with E-state index in [0.29, 0.717) is 12.0 Å². The van der Waals surface area contributed by atoms with Gasteiger partial charge in [0.25, 0.3) is 0 Å². The molecule has 2 aliphatic rings. The Hall–Kier alpha value is -1.98. The van der Waals surface area contributed by atoms with E-state index in [1.165, 1.54) is 0 Å². The lowest BCUT2D eigenvalue weighted by Crippen LogP contribution is -2.57. The third-order valence-corrected chi connectivity index (χ3v) is 5.37. The first-order valence-electron chi connectivity index (χ1n) is 8.80. The Morgan fingerprint density at radius 1 is 0.958 bits per heavy atom. The van der Waals surface area contributed by atoms with Crippen LogP contribution in [0.4, 0.5) is 5.95 Å². The fourth-order valence-corrected chi connectivity index (χ4v) is 4.02. The van der Waals surface area contributed by atoms with Crippen molar-refractivity contribution in [3.63, 3.8) is 0 Å². The molecule has 3 heterocycles. The van der Waals surface area contributed by atoms with Crippen molar-refractivity contribution >= 4 is 5.95 Å². The lowest BCUT2D eigenvalue weighted by Gasteiger charge is -2.47. The monoisotopic (exact) mass is 324 g/mol. The lowest BCUT2D eigenvalue weighted by atomic mass is 9.85. The van der Waals surface area contributed by atoms with Crippen LogP contribution in [-0.4, -0.2) is 52.2 Å². The Kier molecular flexibility index (Phi) is 4.45. The molecule has 1 aromatic carbocycles. The number of piperidine rings is 1. The number of fused-ring (bicyclic) bond motifs is 1. The van der Waals surface area contributed by atoms with Crippen LogP contribution in [-0.2, 0) is 0 Å². The summed E-state index contributed by atoms with van der Waals surface area (Å²) in [5, 5.41) is 10.7. The van der Waals surface area contributed by atoms with Crippen LogP contribution in [0.15, 0.2) is 48.8 Å². The second-order valence-electron chi connectivity index (χ2n) is 6.84. The van der Waals surface area contributed by atoms with E-state index in [-0.39, 0.29) is 6.10 Å². The van der Waals surface area contributed by atoms with E-state index in [4.69, 9.17) is 0 Å². The average Bonchev–Trinajstić information content (AvgIpc) is 2.68. The normalized spacial score (nSPS) is 26.0. The van der Waals surface area contributed by atoms with Gasteiger partial charge in [-0.15, -0.1) is 0 Å². The van der Waals surface area contributed by atoms with Gasteiger partial charge >= 0.3 is 0 Å². The molecule has 3 atom stereocenters. The molecule has 2 aromatic rings. The summed E-state index contributed by atoms with van der Waals surface area (Å²) >= 11 is 0. The molecule has 5 heteroatoms. The number of benzene rings is 1. The molecular weight excluding hydrogens is 300 g/mol. The van der Waals surface area contributed by atoms with Crippen LogP contribution in [0.5, 0.6) is 0 Å². The minimum absolute atomic E-state index is 0.322. The summed E-state index contributed by atoms with van der Waals surface area (Å²) in [6, 6.07) is 12.5.